The van der Waals surface area contributed by atoms with Crippen LogP contribution in [-0.2, 0) is 0 Å². The molecule has 0 aliphatic carbocycles. The van der Waals surface area contributed by atoms with Crippen molar-refractivity contribution in [3.05, 3.63) is 261 Å². The first-order valence-corrected chi connectivity index (χ1v) is 23.4. The minimum absolute atomic E-state index is 1.10. The third kappa shape index (κ3) is 7.54. The van der Waals surface area contributed by atoms with Crippen LogP contribution in [0.5, 0.6) is 0 Å². The van der Waals surface area contributed by atoms with E-state index in [1.54, 1.807) is 0 Å². The molecular weight excluding hydrogens is 815 g/mol. The molecule has 1 nitrogen and oxygen atoms in total. The monoisotopic (exact) mass is 857 g/mol. The molecule has 1 heterocycles. The predicted molar refractivity (Wildman–Crippen MR) is 284 cm³/mol. The van der Waals surface area contributed by atoms with Gasteiger partial charge >= 0.3 is 0 Å². The van der Waals surface area contributed by atoms with Gasteiger partial charge in [0.25, 0.3) is 0 Å². The highest BCUT2D eigenvalue weighted by Gasteiger charge is 2.16. The summed E-state index contributed by atoms with van der Waals surface area (Å²) in [6, 6.07) is 95.0. The van der Waals surface area contributed by atoms with Gasteiger partial charge in [-0.2, -0.15) is 0 Å². The van der Waals surface area contributed by atoms with E-state index >= 15 is 0 Å². The van der Waals surface area contributed by atoms with E-state index in [1.165, 1.54) is 97.7 Å². The Labute approximate surface area is 389 Å². The smallest absolute Gasteiger partial charge is 0.0462 e. The van der Waals surface area contributed by atoms with Gasteiger partial charge in [-0.05, 0) is 132 Å². The first-order valence-electron chi connectivity index (χ1n) is 22.6. The van der Waals surface area contributed by atoms with Crippen LogP contribution in [0.4, 0.5) is 17.1 Å². The zero-order valence-electron chi connectivity index (χ0n) is 36.2. The maximum Gasteiger partial charge on any atom is 0.0462 e. The summed E-state index contributed by atoms with van der Waals surface area (Å²) in [7, 11) is 0. The molecule has 0 aliphatic rings. The molecule has 310 valence electrons. The summed E-state index contributed by atoms with van der Waals surface area (Å²) in [5.41, 5.74) is 17.8. The lowest BCUT2D eigenvalue weighted by Crippen LogP contribution is -2.09. The third-order valence-corrected chi connectivity index (χ3v) is 14.1. The summed E-state index contributed by atoms with van der Waals surface area (Å²) < 4.78 is 2.65. The Kier molecular flexibility index (Phi) is 10.1. The predicted octanol–water partition coefficient (Wildman–Crippen LogP) is 18.7. The highest BCUT2D eigenvalue weighted by Crippen LogP contribution is 2.42. The minimum atomic E-state index is 1.10. The van der Waals surface area contributed by atoms with Crippen molar-refractivity contribution in [2.75, 3.05) is 4.90 Å². The molecule has 0 unspecified atom stereocenters. The lowest BCUT2D eigenvalue weighted by Gasteiger charge is -2.26. The summed E-state index contributed by atoms with van der Waals surface area (Å²) in [6.45, 7) is 0. The zero-order chi connectivity index (χ0) is 43.8. The quantitative estimate of drug-likeness (QED) is 0.140. The molecule has 12 aromatic rings. The molecule has 0 fully saturated rings. The third-order valence-electron chi connectivity index (χ3n) is 12.9. The number of nitrogens with zero attached hydrogens (tertiary/aromatic N) is 1. The number of anilines is 3. The van der Waals surface area contributed by atoms with Crippen LogP contribution in [-0.4, -0.2) is 0 Å². The Morgan fingerprint density at radius 3 is 1.24 bits per heavy atom. The molecule has 66 heavy (non-hydrogen) atoms. The van der Waals surface area contributed by atoms with Gasteiger partial charge in [0.15, 0.2) is 0 Å². The van der Waals surface area contributed by atoms with Gasteiger partial charge in [0.05, 0.1) is 0 Å². The average molecular weight is 858 g/mol. The van der Waals surface area contributed by atoms with Crippen molar-refractivity contribution in [1.29, 1.82) is 0 Å². The van der Waals surface area contributed by atoms with Gasteiger partial charge in [0.1, 0.15) is 0 Å². The Morgan fingerprint density at radius 1 is 0.242 bits per heavy atom. The second-order valence-corrected chi connectivity index (χ2v) is 18.0. The lowest BCUT2D eigenvalue weighted by molar-refractivity contribution is 1.28. The Hall–Kier alpha value is -8.30. The van der Waals surface area contributed by atoms with Gasteiger partial charge in [0, 0.05) is 37.2 Å². The van der Waals surface area contributed by atoms with Crippen molar-refractivity contribution in [2.45, 2.75) is 0 Å². The first-order chi connectivity index (χ1) is 32.7. The van der Waals surface area contributed by atoms with Gasteiger partial charge in [-0.1, -0.05) is 206 Å². The molecule has 0 N–H and O–H groups in total. The van der Waals surface area contributed by atoms with E-state index < -0.39 is 0 Å². The molecule has 0 atom stereocenters. The fourth-order valence-electron chi connectivity index (χ4n) is 9.41. The number of benzene rings is 11. The molecule has 0 radical (unpaired) electrons. The number of hydrogen-bond acceptors (Lipinski definition) is 2. The highest BCUT2D eigenvalue weighted by molar-refractivity contribution is 7.26. The molecule has 0 saturated heterocycles. The van der Waals surface area contributed by atoms with Crippen LogP contribution in [0.2, 0.25) is 0 Å². The topological polar surface area (TPSA) is 3.24 Å². The average Bonchev–Trinajstić information content (AvgIpc) is 3.79. The molecule has 0 saturated carbocycles. The van der Waals surface area contributed by atoms with Gasteiger partial charge in [-0.15, -0.1) is 11.3 Å². The molecule has 11 aromatic carbocycles. The van der Waals surface area contributed by atoms with Gasteiger partial charge in [0.2, 0.25) is 0 Å². The van der Waals surface area contributed by atoms with Crippen molar-refractivity contribution in [2.24, 2.45) is 0 Å². The summed E-state index contributed by atoms with van der Waals surface area (Å²) in [5.74, 6) is 0. The molecule has 2 heteroatoms. The fraction of sp³-hybridized carbons (Fsp3) is 0. The van der Waals surface area contributed by atoms with Crippen molar-refractivity contribution in [3.63, 3.8) is 0 Å². The number of rotatable bonds is 9. The number of hydrogen-bond donors (Lipinski definition) is 0. The Bertz CT molecular complexity index is 3640. The van der Waals surface area contributed by atoms with E-state index in [0.29, 0.717) is 0 Å². The zero-order valence-corrected chi connectivity index (χ0v) is 37.0. The van der Waals surface area contributed by atoms with E-state index in [2.05, 4.69) is 266 Å². The van der Waals surface area contributed by atoms with E-state index in [1.807, 2.05) is 11.3 Å². The SMILES string of the molecule is c1ccc(-c2ccc(-c3ccc(N(c4ccc(-c5ccc(-c6cccc(-c7ccc8ccccc8c7)c6)cc5)cc4)c4ccc(-c5cccc6c5sc5ccccc56)cc4)cc3)cc2)cc1. The second kappa shape index (κ2) is 17.0. The molecular formula is C64H43NS. The van der Waals surface area contributed by atoms with Crippen molar-refractivity contribution in [3.8, 4) is 66.8 Å². The normalized spacial score (nSPS) is 11.3. The van der Waals surface area contributed by atoms with Crippen LogP contribution >= 0.6 is 11.3 Å². The molecule has 0 amide bonds. The summed E-state index contributed by atoms with van der Waals surface area (Å²) in [4.78, 5) is 2.36. The molecule has 0 spiro atoms. The Balaban J connectivity index is 0.851. The summed E-state index contributed by atoms with van der Waals surface area (Å²) in [5, 5.41) is 5.15. The second-order valence-electron chi connectivity index (χ2n) is 16.9. The van der Waals surface area contributed by atoms with Crippen LogP contribution in [0.1, 0.15) is 0 Å². The highest BCUT2D eigenvalue weighted by atomic mass is 32.1. The lowest BCUT2D eigenvalue weighted by atomic mass is 9.96. The maximum absolute atomic E-state index is 2.36. The fourth-order valence-corrected chi connectivity index (χ4v) is 10.6. The molecule has 0 bridgehead atoms. The van der Waals surface area contributed by atoms with Crippen molar-refractivity contribution >= 4 is 59.3 Å². The van der Waals surface area contributed by atoms with Gasteiger partial charge in [-0.3, -0.25) is 0 Å². The maximum atomic E-state index is 2.36. The van der Waals surface area contributed by atoms with Crippen LogP contribution in [0.25, 0.3) is 97.7 Å². The van der Waals surface area contributed by atoms with E-state index in [0.717, 1.165) is 17.1 Å². The molecule has 1 aromatic heterocycles. The van der Waals surface area contributed by atoms with Gasteiger partial charge < -0.3 is 4.90 Å². The van der Waals surface area contributed by atoms with Crippen molar-refractivity contribution < 1.29 is 0 Å². The summed E-state index contributed by atoms with van der Waals surface area (Å²) in [6.07, 6.45) is 0. The van der Waals surface area contributed by atoms with Crippen LogP contribution in [0, 0.1) is 0 Å². The molecule has 0 aliphatic heterocycles. The number of thiophene rings is 1. The van der Waals surface area contributed by atoms with E-state index in [9.17, 15) is 0 Å². The van der Waals surface area contributed by atoms with E-state index in [-0.39, 0.29) is 0 Å². The van der Waals surface area contributed by atoms with Crippen LogP contribution < -0.4 is 4.90 Å². The number of fused-ring (bicyclic) bond motifs is 4. The van der Waals surface area contributed by atoms with Crippen LogP contribution in [0.15, 0.2) is 261 Å². The minimum Gasteiger partial charge on any atom is -0.311 e. The Morgan fingerprint density at radius 2 is 0.636 bits per heavy atom. The van der Waals surface area contributed by atoms with Crippen LogP contribution in [0.3, 0.4) is 0 Å². The van der Waals surface area contributed by atoms with Gasteiger partial charge in [-0.25, -0.2) is 0 Å². The first kappa shape index (κ1) is 39.3. The van der Waals surface area contributed by atoms with Crippen molar-refractivity contribution in [1.82, 2.24) is 0 Å². The summed E-state index contributed by atoms with van der Waals surface area (Å²) >= 11 is 1.87. The molecule has 12 rings (SSSR count). The largest absolute Gasteiger partial charge is 0.311 e. The standard InChI is InChI=1S/C64H43NS/c1-2-10-44(11-3-1)46-20-22-47(23-21-46)49-30-36-57(37-31-49)65(59-40-34-52(35-41-59)60-17-9-18-62-61-16-6-7-19-63(61)66-64(60)62)58-38-32-50(33-39-58)48-24-26-51(27-25-48)54-14-8-15-55(42-54)56-29-28-45-12-4-5-13-53(45)43-56/h1-43H. The van der Waals surface area contributed by atoms with E-state index in [4.69, 9.17) is 0 Å².